The number of fused-ring (bicyclic) bond motifs is 1. The summed E-state index contributed by atoms with van der Waals surface area (Å²) in [6.45, 7) is 0. The van der Waals surface area contributed by atoms with Gasteiger partial charge >= 0.3 is 0 Å². The zero-order valence-electron chi connectivity index (χ0n) is 14.5. The monoisotopic (exact) mass is 502 g/mol. The molecule has 0 amide bonds. The first-order valence-electron chi connectivity index (χ1n) is 8.29. The number of nitrogens with zero attached hydrogens (tertiary/aromatic N) is 3. The largest absolute Gasteiger partial charge is 0.383 e. The van der Waals surface area contributed by atoms with Gasteiger partial charge in [0.25, 0.3) is 0 Å². The third kappa shape index (κ3) is 3.77. The second-order valence-corrected chi connectivity index (χ2v) is 8.31. The van der Waals surface area contributed by atoms with Crippen molar-refractivity contribution < 1.29 is 0 Å². The van der Waals surface area contributed by atoms with Gasteiger partial charge in [-0.2, -0.15) is 5.26 Å². The van der Waals surface area contributed by atoms with Crippen LogP contribution in [0, 0.1) is 11.3 Å². The maximum atomic E-state index is 9.60. The van der Waals surface area contributed by atoms with Gasteiger partial charge in [0, 0.05) is 21.0 Å². The summed E-state index contributed by atoms with van der Waals surface area (Å²) in [5.74, 6) is 0.0940. The lowest BCUT2D eigenvalue weighted by Gasteiger charge is -2.12. The number of aromatic nitrogens is 2. The number of halogens is 4. The van der Waals surface area contributed by atoms with E-state index in [0.29, 0.717) is 32.4 Å². The van der Waals surface area contributed by atoms with E-state index in [1.54, 1.807) is 24.3 Å². The Kier molecular flexibility index (Phi) is 5.37. The fourth-order valence-corrected chi connectivity index (χ4v) is 3.93. The van der Waals surface area contributed by atoms with E-state index in [1.807, 2.05) is 24.3 Å². The number of hydrogen-bond donors (Lipinski definition) is 1. The minimum atomic E-state index is 0.0940. The van der Waals surface area contributed by atoms with Gasteiger partial charge < -0.3 is 5.73 Å². The third-order valence-electron chi connectivity index (χ3n) is 4.40. The molecular weight excluding hydrogens is 495 g/mol. The zero-order valence-corrected chi connectivity index (χ0v) is 18.4. The fourth-order valence-electron chi connectivity index (χ4n) is 3.02. The maximum absolute atomic E-state index is 9.60. The third-order valence-corrected chi connectivity index (χ3v) is 5.92. The molecule has 0 saturated heterocycles. The molecule has 0 aliphatic carbocycles. The van der Waals surface area contributed by atoms with Crippen molar-refractivity contribution >= 4 is 67.5 Å². The van der Waals surface area contributed by atoms with Crippen LogP contribution in [-0.2, 0) is 0 Å². The van der Waals surface area contributed by atoms with Gasteiger partial charge in [0.15, 0.2) is 0 Å². The van der Waals surface area contributed by atoms with E-state index in [9.17, 15) is 5.26 Å². The van der Waals surface area contributed by atoms with Crippen molar-refractivity contribution in [1.82, 2.24) is 9.97 Å². The zero-order chi connectivity index (χ0) is 20.7. The summed E-state index contributed by atoms with van der Waals surface area (Å²) in [5.41, 5.74) is 9.49. The van der Waals surface area contributed by atoms with Crippen molar-refractivity contribution in [2.45, 2.75) is 0 Å². The van der Waals surface area contributed by atoms with Gasteiger partial charge in [-0.05, 0) is 48.0 Å². The summed E-state index contributed by atoms with van der Waals surface area (Å²) in [5, 5.41) is 11.6. The van der Waals surface area contributed by atoms with Crippen molar-refractivity contribution in [2.75, 3.05) is 5.73 Å². The summed E-state index contributed by atoms with van der Waals surface area (Å²) in [6.07, 6.45) is 0. The topological polar surface area (TPSA) is 75.6 Å². The summed E-state index contributed by atoms with van der Waals surface area (Å²) in [6, 6.07) is 16.6. The molecule has 8 heteroatoms. The van der Waals surface area contributed by atoms with Gasteiger partial charge in [-0.3, -0.25) is 0 Å². The van der Waals surface area contributed by atoms with Gasteiger partial charge in [0.2, 0.25) is 0 Å². The lowest BCUT2D eigenvalue weighted by Crippen LogP contribution is -2.00. The quantitative estimate of drug-likeness (QED) is 0.294. The van der Waals surface area contributed by atoms with Crippen molar-refractivity contribution in [3.8, 4) is 28.5 Å². The van der Waals surface area contributed by atoms with Gasteiger partial charge in [-0.1, -0.05) is 56.8 Å². The summed E-state index contributed by atoms with van der Waals surface area (Å²) in [7, 11) is 0. The van der Waals surface area contributed by atoms with Crippen molar-refractivity contribution in [2.24, 2.45) is 0 Å². The van der Waals surface area contributed by atoms with Crippen LogP contribution >= 0.6 is 50.7 Å². The predicted molar refractivity (Wildman–Crippen MR) is 122 cm³/mol. The Labute approximate surface area is 190 Å². The molecule has 0 aliphatic rings. The number of nitriles is 1. The molecule has 0 radical (unpaired) electrons. The Morgan fingerprint density at radius 1 is 0.897 bits per heavy atom. The molecule has 0 fully saturated rings. The number of benzene rings is 2. The van der Waals surface area contributed by atoms with Crippen LogP contribution in [0.25, 0.3) is 33.3 Å². The Balaban J connectivity index is 1.97. The summed E-state index contributed by atoms with van der Waals surface area (Å²) in [4.78, 5) is 8.84. The second-order valence-electron chi connectivity index (χ2n) is 6.22. The van der Waals surface area contributed by atoms with E-state index in [4.69, 9.17) is 40.5 Å². The van der Waals surface area contributed by atoms with E-state index in [1.165, 1.54) is 0 Å². The van der Waals surface area contributed by atoms with Crippen molar-refractivity contribution in [3.05, 3.63) is 73.8 Å². The molecule has 29 heavy (non-hydrogen) atoms. The number of nitrogen functional groups attached to an aromatic ring is 1. The van der Waals surface area contributed by atoms with Crippen LogP contribution in [-0.4, -0.2) is 9.97 Å². The molecule has 4 nitrogen and oxygen atoms in total. The molecule has 2 N–H and O–H groups in total. The van der Waals surface area contributed by atoms with Crippen LogP contribution in [0.1, 0.15) is 5.56 Å². The normalized spacial score (nSPS) is 10.9. The number of hydrogen-bond acceptors (Lipinski definition) is 4. The molecule has 2 aromatic heterocycles. The van der Waals surface area contributed by atoms with Gasteiger partial charge in [0.05, 0.1) is 21.3 Å². The standard InChI is InChI=1S/C21H10BrCl3N4/c22-12-2-4-18-11(5-12)6-14(20(25)28-18)19-8-13(15(9-26)21(27)29-19)10-1-3-16(23)17(24)7-10/h1-8H,(H2,27,29). The van der Waals surface area contributed by atoms with Gasteiger partial charge in [-0.25, -0.2) is 9.97 Å². The highest BCUT2D eigenvalue weighted by Gasteiger charge is 2.17. The second kappa shape index (κ2) is 7.81. The first-order chi connectivity index (χ1) is 13.9. The minimum Gasteiger partial charge on any atom is -0.383 e. The number of anilines is 1. The van der Waals surface area contributed by atoms with Crippen LogP contribution in [0.4, 0.5) is 5.82 Å². The molecule has 0 bridgehead atoms. The molecule has 2 aromatic carbocycles. The SMILES string of the molecule is N#Cc1c(-c2ccc(Cl)c(Cl)c2)cc(-c2cc3cc(Br)ccc3nc2Cl)nc1N. The molecule has 4 rings (SSSR count). The van der Waals surface area contributed by atoms with E-state index in [0.717, 1.165) is 15.4 Å². The molecule has 0 atom stereocenters. The average Bonchev–Trinajstić information content (AvgIpc) is 2.69. The number of nitrogens with two attached hydrogens (primary N) is 1. The molecule has 4 aromatic rings. The van der Waals surface area contributed by atoms with E-state index >= 15 is 0 Å². The maximum Gasteiger partial charge on any atom is 0.142 e. The summed E-state index contributed by atoms with van der Waals surface area (Å²) < 4.78 is 0.920. The first-order valence-corrected chi connectivity index (χ1v) is 10.2. The molecule has 0 spiro atoms. The molecule has 0 aliphatic heterocycles. The predicted octanol–water partition coefficient (Wildman–Crippen LogP) is 7.14. The average molecular weight is 505 g/mol. The smallest absolute Gasteiger partial charge is 0.142 e. The molecular formula is C21H10BrCl3N4. The highest BCUT2D eigenvalue weighted by Crippen LogP contribution is 2.36. The fraction of sp³-hybridized carbons (Fsp3) is 0. The lowest BCUT2D eigenvalue weighted by molar-refractivity contribution is 1.29. The Bertz CT molecular complexity index is 1330. The van der Waals surface area contributed by atoms with Crippen LogP contribution in [0.5, 0.6) is 0 Å². The van der Waals surface area contributed by atoms with Crippen molar-refractivity contribution in [3.63, 3.8) is 0 Å². The Hall–Kier alpha value is -2.36. The Morgan fingerprint density at radius 3 is 2.41 bits per heavy atom. The summed E-state index contributed by atoms with van der Waals surface area (Å²) >= 11 is 22.1. The van der Waals surface area contributed by atoms with E-state index in [-0.39, 0.29) is 16.5 Å². The van der Waals surface area contributed by atoms with Crippen molar-refractivity contribution in [1.29, 1.82) is 5.26 Å². The Morgan fingerprint density at radius 2 is 1.69 bits per heavy atom. The van der Waals surface area contributed by atoms with E-state index < -0.39 is 0 Å². The molecule has 0 saturated carbocycles. The van der Waals surface area contributed by atoms with Gasteiger partial charge in [-0.15, -0.1) is 0 Å². The highest BCUT2D eigenvalue weighted by molar-refractivity contribution is 9.10. The van der Waals surface area contributed by atoms with Crippen LogP contribution < -0.4 is 5.73 Å². The number of rotatable bonds is 2. The first kappa shape index (κ1) is 19.9. The molecule has 2 heterocycles. The number of pyridine rings is 2. The van der Waals surface area contributed by atoms with E-state index in [2.05, 4.69) is 32.0 Å². The molecule has 142 valence electrons. The van der Waals surface area contributed by atoms with Crippen LogP contribution in [0.3, 0.4) is 0 Å². The van der Waals surface area contributed by atoms with Gasteiger partial charge in [0.1, 0.15) is 22.6 Å². The molecule has 0 unspecified atom stereocenters. The van der Waals surface area contributed by atoms with Crippen LogP contribution in [0.2, 0.25) is 15.2 Å². The van der Waals surface area contributed by atoms with Crippen LogP contribution in [0.15, 0.2) is 53.0 Å². The minimum absolute atomic E-state index is 0.0940. The lowest BCUT2D eigenvalue weighted by atomic mass is 9.98. The highest BCUT2D eigenvalue weighted by atomic mass is 79.9.